The third-order valence-corrected chi connectivity index (χ3v) is 4.41. The van der Waals surface area contributed by atoms with Crippen molar-refractivity contribution in [3.8, 4) is 5.75 Å². The van der Waals surface area contributed by atoms with Gasteiger partial charge in [0.2, 0.25) is 0 Å². The van der Waals surface area contributed by atoms with E-state index in [0.717, 1.165) is 36.7 Å². The van der Waals surface area contributed by atoms with Gasteiger partial charge in [-0.1, -0.05) is 30.3 Å². The molecule has 0 aliphatic heterocycles. The molecular weight excluding hydrogens is 451 g/mol. The Morgan fingerprint density at radius 1 is 1.11 bits per heavy atom. The number of hydrogen-bond acceptors (Lipinski definition) is 2. The van der Waals surface area contributed by atoms with Crippen molar-refractivity contribution < 1.29 is 4.74 Å². The fourth-order valence-electron chi connectivity index (χ4n) is 3.01. The first-order valence-electron chi connectivity index (χ1n) is 8.92. The van der Waals surface area contributed by atoms with Crippen LogP contribution in [-0.4, -0.2) is 31.6 Å². The second-order valence-corrected chi connectivity index (χ2v) is 6.17. The van der Waals surface area contributed by atoms with E-state index in [2.05, 4.69) is 57.1 Å². The Morgan fingerprint density at radius 3 is 2.78 bits per heavy atom. The van der Waals surface area contributed by atoms with Crippen molar-refractivity contribution in [3.05, 3.63) is 65.9 Å². The lowest BCUT2D eigenvalue weighted by molar-refractivity contribution is 0.414. The zero-order valence-electron chi connectivity index (χ0n) is 15.8. The zero-order chi connectivity index (χ0) is 18.2. The number of ether oxygens (including phenoxy) is 1. The summed E-state index contributed by atoms with van der Waals surface area (Å²) in [6, 6.07) is 16.5. The maximum atomic E-state index is 5.26. The number of methoxy groups -OCH3 is 1. The van der Waals surface area contributed by atoms with Crippen LogP contribution in [0.2, 0.25) is 0 Å². The lowest BCUT2D eigenvalue weighted by Crippen LogP contribution is -2.37. The molecule has 0 bridgehead atoms. The summed E-state index contributed by atoms with van der Waals surface area (Å²) in [5.41, 5.74) is 3.72. The van der Waals surface area contributed by atoms with Crippen LogP contribution in [0.5, 0.6) is 5.75 Å². The molecule has 0 saturated heterocycles. The highest BCUT2D eigenvalue weighted by Crippen LogP contribution is 2.18. The molecule has 27 heavy (non-hydrogen) atoms. The molecule has 0 aliphatic carbocycles. The molecular formula is C21H27IN4O. The molecule has 0 amide bonds. The number of rotatable bonds is 7. The fourth-order valence-corrected chi connectivity index (χ4v) is 3.01. The van der Waals surface area contributed by atoms with Crippen LogP contribution in [0, 0.1) is 0 Å². The topological polar surface area (TPSA) is 61.4 Å². The minimum atomic E-state index is 0. The number of benzene rings is 2. The Labute approximate surface area is 177 Å². The molecule has 1 heterocycles. The van der Waals surface area contributed by atoms with Crippen molar-refractivity contribution >= 4 is 40.8 Å². The van der Waals surface area contributed by atoms with E-state index in [1.165, 1.54) is 16.5 Å². The molecule has 0 fully saturated rings. The lowest BCUT2D eigenvalue weighted by atomic mass is 10.1. The summed E-state index contributed by atoms with van der Waals surface area (Å²) in [5.74, 6) is 1.68. The summed E-state index contributed by atoms with van der Waals surface area (Å²) >= 11 is 0. The highest BCUT2D eigenvalue weighted by atomic mass is 127. The molecule has 0 atom stereocenters. The monoisotopic (exact) mass is 478 g/mol. The number of hydrogen-bond donors (Lipinski definition) is 3. The average Bonchev–Trinajstić information content (AvgIpc) is 3.11. The number of aromatic amines is 1. The van der Waals surface area contributed by atoms with Crippen LogP contribution in [0.25, 0.3) is 10.9 Å². The van der Waals surface area contributed by atoms with Crippen molar-refractivity contribution in [2.75, 3.05) is 20.7 Å². The molecule has 3 N–H and O–H groups in total. The number of para-hydroxylation sites is 1. The molecule has 0 saturated carbocycles. The number of aromatic nitrogens is 1. The van der Waals surface area contributed by atoms with Gasteiger partial charge in [0.25, 0.3) is 0 Å². The summed E-state index contributed by atoms with van der Waals surface area (Å²) < 4.78 is 5.26. The van der Waals surface area contributed by atoms with Crippen LogP contribution in [0.4, 0.5) is 0 Å². The Kier molecular flexibility index (Phi) is 8.44. The number of halogens is 1. The predicted molar refractivity (Wildman–Crippen MR) is 123 cm³/mol. The molecule has 0 unspecified atom stereocenters. The van der Waals surface area contributed by atoms with E-state index in [1.807, 2.05) is 18.2 Å². The molecule has 0 radical (unpaired) electrons. The quantitative estimate of drug-likeness (QED) is 0.208. The number of H-pyrrole nitrogens is 1. The maximum Gasteiger partial charge on any atom is 0.191 e. The summed E-state index contributed by atoms with van der Waals surface area (Å²) in [6.45, 7) is 1.58. The first kappa shape index (κ1) is 21.1. The van der Waals surface area contributed by atoms with Crippen LogP contribution in [0.1, 0.15) is 17.5 Å². The number of nitrogens with one attached hydrogen (secondary N) is 3. The van der Waals surface area contributed by atoms with Gasteiger partial charge in [-0.15, -0.1) is 24.0 Å². The molecule has 5 nitrogen and oxygen atoms in total. The summed E-state index contributed by atoms with van der Waals surface area (Å²) in [6.07, 6.45) is 4.19. The number of fused-ring (bicyclic) bond motifs is 1. The van der Waals surface area contributed by atoms with Crippen molar-refractivity contribution in [2.45, 2.75) is 19.4 Å². The van der Waals surface area contributed by atoms with E-state index >= 15 is 0 Å². The van der Waals surface area contributed by atoms with Crippen molar-refractivity contribution in [1.29, 1.82) is 0 Å². The van der Waals surface area contributed by atoms with Crippen LogP contribution in [0.15, 0.2) is 59.7 Å². The van der Waals surface area contributed by atoms with E-state index < -0.39 is 0 Å². The lowest BCUT2D eigenvalue weighted by Gasteiger charge is -2.12. The number of guanidine groups is 1. The van der Waals surface area contributed by atoms with E-state index in [-0.39, 0.29) is 24.0 Å². The van der Waals surface area contributed by atoms with Gasteiger partial charge in [-0.05, 0) is 42.2 Å². The smallest absolute Gasteiger partial charge is 0.191 e. The van der Waals surface area contributed by atoms with Crippen LogP contribution < -0.4 is 15.4 Å². The second kappa shape index (κ2) is 10.8. The van der Waals surface area contributed by atoms with Gasteiger partial charge in [-0.25, -0.2) is 0 Å². The summed E-state index contributed by atoms with van der Waals surface area (Å²) in [4.78, 5) is 7.62. The predicted octanol–water partition coefficient (Wildman–Crippen LogP) is 4.09. The normalized spacial score (nSPS) is 11.1. The van der Waals surface area contributed by atoms with Crippen LogP contribution >= 0.6 is 24.0 Å². The molecule has 1 aromatic heterocycles. The van der Waals surface area contributed by atoms with Gasteiger partial charge < -0.3 is 20.4 Å². The minimum absolute atomic E-state index is 0. The summed E-state index contributed by atoms with van der Waals surface area (Å²) in [5, 5.41) is 8.03. The van der Waals surface area contributed by atoms with Crippen molar-refractivity contribution in [3.63, 3.8) is 0 Å². The number of aliphatic imine (C=N–C) groups is 1. The minimum Gasteiger partial charge on any atom is -0.497 e. The first-order valence-corrected chi connectivity index (χ1v) is 8.92. The third kappa shape index (κ3) is 5.89. The Bertz CT molecular complexity index is 875. The molecule has 0 spiro atoms. The van der Waals surface area contributed by atoms with Gasteiger partial charge >= 0.3 is 0 Å². The van der Waals surface area contributed by atoms with Crippen LogP contribution in [-0.2, 0) is 13.0 Å². The highest BCUT2D eigenvalue weighted by Gasteiger charge is 2.03. The molecule has 2 aromatic carbocycles. The van der Waals surface area contributed by atoms with Crippen molar-refractivity contribution in [1.82, 2.24) is 15.6 Å². The van der Waals surface area contributed by atoms with Gasteiger partial charge in [0.15, 0.2) is 5.96 Å². The maximum absolute atomic E-state index is 5.26. The third-order valence-electron chi connectivity index (χ3n) is 4.41. The molecule has 144 valence electrons. The molecule has 3 aromatic rings. The fraction of sp³-hybridized carbons (Fsp3) is 0.286. The van der Waals surface area contributed by atoms with Gasteiger partial charge in [0.05, 0.1) is 7.11 Å². The molecule has 3 rings (SSSR count). The average molecular weight is 478 g/mol. The standard InChI is InChI=1S/C21H26N4O.HI/c1-22-21(25-14-16-7-5-9-18(13-16)26-2)23-12-6-8-17-15-24-20-11-4-3-10-19(17)20;/h3-5,7,9-11,13,15,24H,6,8,12,14H2,1-2H3,(H2,22,23,25);1H. The van der Waals surface area contributed by atoms with Gasteiger partial charge in [-0.2, -0.15) is 0 Å². The Hall–Kier alpha value is -2.22. The Balaban J connectivity index is 0.00000261. The molecule has 0 aliphatic rings. The highest BCUT2D eigenvalue weighted by molar-refractivity contribution is 14.0. The van der Waals surface area contributed by atoms with Crippen molar-refractivity contribution in [2.24, 2.45) is 4.99 Å². The van der Waals surface area contributed by atoms with Gasteiger partial charge in [0, 0.05) is 37.2 Å². The van der Waals surface area contributed by atoms with Gasteiger partial charge in [-0.3, -0.25) is 4.99 Å². The number of nitrogens with zero attached hydrogens (tertiary/aromatic N) is 1. The number of aryl methyl sites for hydroxylation is 1. The largest absolute Gasteiger partial charge is 0.497 e. The Morgan fingerprint density at radius 2 is 1.96 bits per heavy atom. The SMILES string of the molecule is CN=C(NCCCc1c[nH]c2ccccc12)NCc1cccc(OC)c1.I. The second-order valence-electron chi connectivity index (χ2n) is 6.17. The van der Waals surface area contributed by atoms with Crippen LogP contribution in [0.3, 0.4) is 0 Å². The zero-order valence-corrected chi connectivity index (χ0v) is 18.1. The van der Waals surface area contributed by atoms with E-state index in [9.17, 15) is 0 Å². The first-order chi connectivity index (χ1) is 12.8. The van der Waals surface area contributed by atoms with Gasteiger partial charge in [0.1, 0.15) is 5.75 Å². The molecule has 6 heteroatoms. The van der Waals surface area contributed by atoms with E-state index in [0.29, 0.717) is 6.54 Å². The van der Waals surface area contributed by atoms with E-state index in [1.54, 1.807) is 14.2 Å². The van der Waals surface area contributed by atoms with E-state index in [4.69, 9.17) is 4.74 Å². The summed E-state index contributed by atoms with van der Waals surface area (Å²) in [7, 11) is 3.47.